The summed E-state index contributed by atoms with van der Waals surface area (Å²) in [6.07, 6.45) is 17.1. The van der Waals surface area contributed by atoms with E-state index in [1.807, 2.05) is 6.92 Å². The van der Waals surface area contributed by atoms with E-state index in [1.165, 1.54) is 64.2 Å². The summed E-state index contributed by atoms with van der Waals surface area (Å²) in [6.45, 7) is 7.41. The Kier molecular flexibility index (Phi) is 16.5. The van der Waals surface area contributed by atoms with Crippen molar-refractivity contribution in [1.29, 1.82) is 0 Å². The van der Waals surface area contributed by atoms with Gasteiger partial charge in [0.2, 0.25) is 0 Å². The molecular formula is C28H46O4. The predicted molar refractivity (Wildman–Crippen MR) is 132 cm³/mol. The fourth-order valence-electron chi connectivity index (χ4n) is 3.71. The normalized spacial score (nSPS) is 11.0. The molecule has 0 spiro atoms. The summed E-state index contributed by atoms with van der Waals surface area (Å²) in [5.41, 5.74) is 0.576. The Labute approximate surface area is 196 Å². The van der Waals surface area contributed by atoms with Gasteiger partial charge in [-0.2, -0.15) is 0 Å². The first-order chi connectivity index (χ1) is 15.6. The van der Waals surface area contributed by atoms with Crippen LogP contribution in [0.4, 0.5) is 0 Å². The van der Waals surface area contributed by atoms with Crippen molar-refractivity contribution in [3.8, 4) is 0 Å². The highest BCUT2D eigenvalue weighted by Crippen LogP contribution is 2.15. The number of hydrogen-bond donors (Lipinski definition) is 0. The molecule has 0 saturated heterocycles. The maximum absolute atomic E-state index is 12.4. The molecule has 182 valence electrons. The molecule has 0 bridgehead atoms. The summed E-state index contributed by atoms with van der Waals surface area (Å²) in [6, 6.07) is 6.73. The van der Waals surface area contributed by atoms with E-state index in [2.05, 4.69) is 13.8 Å². The molecule has 0 saturated carbocycles. The largest absolute Gasteiger partial charge is 0.462 e. The number of carbonyl (C=O) groups is 2. The van der Waals surface area contributed by atoms with Crippen molar-refractivity contribution < 1.29 is 19.1 Å². The van der Waals surface area contributed by atoms with Crippen LogP contribution in [0.15, 0.2) is 24.3 Å². The summed E-state index contributed by atoms with van der Waals surface area (Å²) < 4.78 is 10.6. The summed E-state index contributed by atoms with van der Waals surface area (Å²) in [5.74, 6) is -0.0588. The highest BCUT2D eigenvalue weighted by atomic mass is 16.5. The zero-order valence-corrected chi connectivity index (χ0v) is 20.8. The van der Waals surface area contributed by atoms with Crippen molar-refractivity contribution in [3.63, 3.8) is 0 Å². The van der Waals surface area contributed by atoms with Crippen molar-refractivity contribution in [2.75, 3.05) is 13.2 Å². The van der Waals surface area contributed by atoms with Crippen LogP contribution in [-0.2, 0) is 9.47 Å². The Hall–Kier alpha value is -1.84. The van der Waals surface area contributed by atoms with Crippen molar-refractivity contribution in [1.82, 2.24) is 0 Å². The number of hydrogen-bond acceptors (Lipinski definition) is 4. The van der Waals surface area contributed by atoms with Gasteiger partial charge < -0.3 is 9.47 Å². The Bertz CT molecular complexity index is 624. The van der Waals surface area contributed by atoms with Gasteiger partial charge in [0.05, 0.1) is 24.3 Å². The quantitative estimate of drug-likeness (QED) is 0.159. The SMILES string of the molecule is CCCCOC(=O)c1ccccc1C(=O)OCCCCCCCCCCCCCC(C)C. The van der Waals surface area contributed by atoms with Gasteiger partial charge in [-0.05, 0) is 30.9 Å². The van der Waals surface area contributed by atoms with Gasteiger partial charge in [-0.1, -0.05) is 110 Å². The summed E-state index contributed by atoms with van der Waals surface area (Å²) >= 11 is 0. The smallest absolute Gasteiger partial charge is 0.339 e. The molecule has 0 aliphatic heterocycles. The Balaban J connectivity index is 2.08. The lowest BCUT2D eigenvalue weighted by atomic mass is 10.0. The van der Waals surface area contributed by atoms with Crippen LogP contribution in [-0.4, -0.2) is 25.2 Å². The second-order valence-electron chi connectivity index (χ2n) is 9.24. The lowest BCUT2D eigenvalue weighted by Gasteiger charge is -2.09. The van der Waals surface area contributed by atoms with Gasteiger partial charge in [0.1, 0.15) is 0 Å². The van der Waals surface area contributed by atoms with Crippen molar-refractivity contribution in [3.05, 3.63) is 35.4 Å². The fourth-order valence-corrected chi connectivity index (χ4v) is 3.71. The maximum atomic E-state index is 12.4. The van der Waals surface area contributed by atoms with E-state index in [9.17, 15) is 9.59 Å². The first-order valence-corrected chi connectivity index (χ1v) is 13.0. The van der Waals surface area contributed by atoms with Gasteiger partial charge in [0.25, 0.3) is 0 Å². The lowest BCUT2D eigenvalue weighted by molar-refractivity contribution is 0.0451. The zero-order chi connectivity index (χ0) is 23.4. The molecule has 0 atom stereocenters. The van der Waals surface area contributed by atoms with Gasteiger partial charge in [0.15, 0.2) is 0 Å². The third kappa shape index (κ3) is 13.5. The number of unbranched alkanes of at least 4 members (excludes halogenated alkanes) is 11. The standard InChI is InChI=1S/C28H46O4/c1-4-5-22-31-27(29)25-20-16-17-21-26(25)28(30)32-23-18-14-12-10-8-6-7-9-11-13-15-19-24(2)3/h16-17,20-21,24H,4-15,18-19,22-23H2,1-3H3. The van der Waals surface area contributed by atoms with E-state index >= 15 is 0 Å². The molecule has 0 N–H and O–H groups in total. The minimum atomic E-state index is -0.457. The average molecular weight is 447 g/mol. The zero-order valence-electron chi connectivity index (χ0n) is 20.8. The highest BCUT2D eigenvalue weighted by molar-refractivity contribution is 6.03. The topological polar surface area (TPSA) is 52.6 Å². The van der Waals surface area contributed by atoms with Crippen LogP contribution in [0.1, 0.15) is 131 Å². The first kappa shape index (κ1) is 28.2. The number of rotatable bonds is 19. The Morgan fingerprint density at radius 2 is 1.06 bits per heavy atom. The molecule has 0 unspecified atom stereocenters. The van der Waals surface area contributed by atoms with Crippen LogP contribution in [0.5, 0.6) is 0 Å². The summed E-state index contributed by atoms with van der Waals surface area (Å²) in [7, 11) is 0. The Morgan fingerprint density at radius 3 is 1.50 bits per heavy atom. The van der Waals surface area contributed by atoms with E-state index in [0.717, 1.165) is 31.6 Å². The van der Waals surface area contributed by atoms with Crippen molar-refractivity contribution in [2.24, 2.45) is 5.92 Å². The molecule has 0 heterocycles. The van der Waals surface area contributed by atoms with Crippen LogP contribution in [0.3, 0.4) is 0 Å². The highest BCUT2D eigenvalue weighted by Gasteiger charge is 2.18. The van der Waals surface area contributed by atoms with Gasteiger partial charge >= 0.3 is 11.9 Å². The lowest BCUT2D eigenvalue weighted by Crippen LogP contribution is -2.15. The van der Waals surface area contributed by atoms with E-state index in [4.69, 9.17) is 9.47 Å². The minimum absolute atomic E-state index is 0.286. The fraction of sp³-hybridized carbons (Fsp3) is 0.714. The maximum Gasteiger partial charge on any atom is 0.339 e. The number of carbonyl (C=O) groups excluding carboxylic acids is 2. The molecule has 0 fully saturated rings. The number of benzene rings is 1. The molecule has 32 heavy (non-hydrogen) atoms. The summed E-state index contributed by atoms with van der Waals surface area (Å²) in [4.78, 5) is 24.6. The van der Waals surface area contributed by atoms with E-state index < -0.39 is 11.9 Å². The molecule has 1 aromatic carbocycles. The van der Waals surface area contributed by atoms with Crippen LogP contribution in [0, 0.1) is 5.92 Å². The van der Waals surface area contributed by atoms with E-state index in [-0.39, 0.29) is 5.56 Å². The van der Waals surface area contributed by atoms with Crippen LogP contribution < -0.4 is 0 Å². The van der Waals surface area contributed by atoms with Gasteiger partial charge in [-0.3, -0.25) is 0 Å². The molecule has 0 aliphatic rings. The third-order valence-corrected chi connectivity index (χ3v) is 5.76. The van der Waals surface area contributed by atoms with Gasteiger partial charge in [0, 0.05) is 0 Å². The van der Waals surface area contributed by atoms with Gasteiger partial charge in [-0.15, -0.1) is 0 Å². The predicted octanol–water partition coefficient (Wildman–Crippen LogP) is 8.14. The van der Waals surface area contributed by atoms with Crippen molar-refractivity contribution in [2.45, 2.75) is 111 Å². The summed E-state index contributed by atoms with van der Waals surface area (Å²) in [5, 5.41) is 0. The first-order valence-electron chi connectivity index (χ1n) is 13.0. The Morgan fingerprint density at radius 1 is 0.656 bits per heavy atom. The molecular weight excluding hydrogens is 400 g/mol. The van der Waals surface area contributed by atoms with Gasteiger partial charge in [-0.25, -0.2) is 9.59 Å². The number of ether oxygens (including phenoxy) is 2. The molecule has 4 nitrogen and oxygen atoms in total. The number of esters is 2. The third-order valence-electron chi connectivity index (χ3n) is 5.76. The van der Waals surface area contributed by atoms with Crippen LogP contribution in [0.2, 0.25) is 0 Å². The molecule has 0 amide bonds. The molecule has 1 rings (SSSR count). The van der Waals surface area contributed by atoms with Crippen LogP contribution in [0.25, 0.3) is 0 Å². The van der Waals surface area contributed by atoms with Crippen molar-refractivity contribution >= 4 is 11.9 Å². The molecule has 0 radical (unpaired) electrons. The molecule has 4 heteroatoms. The second kappa shape index (κ2) is 18.7. The van der Waals surface area contributed by atoms with Crippen LogP contribution >= 0.6 is 0 Å². The monoisotopic (exact) mass is 446 g/mol. The minimum Gasteiger partial charge on any atom is -0.462 e. The molecule has 0 aliphatic carbocycles. The molecule has 0 aromatic heterocycles. The average Bonchev–Trinajstić information content (AvgIpc) is 2.79. The molecule has 1 aromatic rings. The van der Waals surface area contributed by atoms with E-state index in [1.54, 1.807) is 24.3 Å². The second-order valence-corrected chi connectivity index (χ2v) is 9.24. The van der Waals surface area contributed by atoms with E-state index in [0.29, 0.717) is 18.8 Å².